The van der Waals surface area contributed by atoms with Crippen LogP contribution in [0.5, 0.6) is 0 Å². The van der Waals surface area contributed by atoms with E-state index >= 15 is 0 Å². The van der Waals surface area contributed by atoms with E-state index in [0.717, 1.165) is 12.2 Å². The summed E-state index contributed by atoms with van der Waals surface area (Å²) in [4.78, 5) is 0.175. The smallest absolute Gasteiger partial charge is 0.243 e. The van der Waals surface area contributed by atoms with Crippen molar-refractivity contribution in [2.24, 2.45) is 0 Å². The van der Waals surface area contributed by atoms with Crippen LogP contribution in [0.15, 0.2) is 23.1 Å². The van der Waals surface area contributed by atoms with Crippen LogP contribution in [0, 0.1) is 0 Å². The van der Waals surface area contributed by atoms with Crippen LogP contribution in [0.1, 0.15) is 13.3 Å². The van der Waals surface area contributed by atoms with Crippen LogP contribution in [0.4, 0.5) is 5.69 Å². The van der Waals surface area contributed by atoms with E-state index in [1.165, 1.54) is 22.5 Å². The van der Waals surface area contributed by atoms with E-state index in [1.807, 2.05) is 13.2 Å². The van der Waals surface area contributed by atoms with E-state index in [9.17, 15) is 8.42 Å². The van der Waals surface area contributed by atoms with Gasteiger partial charge in [-0.15, -0.1) is 0 Å². The molecule has 108 valence electrons. The number of nitrogens with zero attached hydrogens (tertiary/aromatic N) is 1. The van der Waals surface area contributed by atoms with Gasteiger partial charge in [0.05, 0.1) is 15.6 Å². The molecular formula is C12H19ClN2O2S2. The monoisotopic (exact) mass is 322 g/mol. The molecule has 2 N–H and O–H groups in total. The molecule has 7 heteroatoms. The predicted octanol–water partition coefficient (Wildman–Crippen LogP) is 2.68. The Hall–Kier alpha value is -0.430. The molecule has 1 rings (SSSR count). The molecule has 19 heavy (non-hydrogen) atoms. The Balaban J connectivity index is 3.11. The normalized spacial score (nSPS) is 13.7. The van der Waals surface area contributed by atoms with E-state index in [4.69, 9.17) is 17.3 Å². The molecule has 0 heterocycles. The first kappa shape index (κ1) is 16.6. The highest BCUT2D eigenvalue weighted by molar-refractivity contribution is 7.98. The lowest BCUT2D eigenvalue weighted by Gasteiger charge is -2.26. The van der Waals surface area contributed by atoms with Crippen molar-refractivity contribution < 1.29 is 8.42 Å². The first-order chi connectivity index (χ1) is 8.84. The van der Waals surface area contributed by atoms with Crippen molar-refractivity contribution in [1.29, 1.82) is 0 Å². The van der Waals surface area contributed by atoms with Crippen LogP contribution in [0.2, 0.25) is 5.02 Å². The third kappa shape index (κ3) is 3.78. The van der Waals surface area contributed by atoms with Crippen molar-refractivity contribution in [3.05, 3.63) is 23.2 Å². The van der Waals surface area contributed by atoms with E-state index in [2.05, 4.69) is 0 Å². The highest BCUT2D eigenvalue weighted by Gasteiger charge is 2.27. The van der Waals surface area contributed by atoms with Crippen molar-refractivity contribution in [3.8, 4) is 0 Å². The number of thioether (sulfide) groups is 1. The van der Waals surface area contributed by atoms with Gasteiger partial charge in [-0.05, 0) is 30.9 Å². The summed E-state index contributed by atoms with van der Waals surface area (Å²) in [6, 6.07) is 4.36. The zero-order valence-electron chi connectivity index (χ0n) is 11.3. The third-order valence-electron chi connectivity index (χ3n) is 2.99. The fourth-order valence-corrected chi connectivity index (χ4v) is 4.34. The SMILES string of the molecule is CCC(CSC)N(C)S(=O)(=O)c1ccc(N)c(Cl)c1. The Morgan fingerprint density at radius 1 is 1.47 bits per heavy atom. The summed E-state index contributed by atoms with van der Waals surface area (Å²) >= 11 is 7.51. The molecule has 0 bridgehead atoms. The molecule has 0 saturated carbocycles. The highest BCUT2D eigenvalue weighted by atomic mass is 35.5. The first-order valence-electron chi connectivity index (χ1n) is 5.86. The minimum atomic E-state index is -3.53. The maximum absolute atomic E-state index is 12.5. The second-order valence-corrected chi connectivity index (χ2v) is 7.54. The standard InChI is InChI=1S/C12H19ClN2O2S2/c1-4-9(8-18-3)15(2)19(16,17)10-5-6-12(14)11(13)7-10/h5-7,9H,4,8,14H2,1-3H3. The van der Waals surface area contributed by atoms with Crippen LogP contribution in [0.25, 0.3) is 0 Å². The number of hydrogen-bond acceptors (Lipinski definition) is 4. The fraction of sp³-hybridized carbons (Fsp3) is 0.500. The largest absolute Gasteiger partial charge is 0.398 e. The lowest BCUT2D eigenvalue weighted by Crippen LogP contribution is -2.38. The van der Waals surface area contributed by atoms with Crippen molar-refractivity contribution >= 4 is 39.1 Å². The second kappa shape index (κ2) is 6.83. The van der Waals surface area contributed by atoms with Gasteiger partial charge in [-0.1, -0.05) is 18.5 Å². The summed E-state index contributed by atoms with van der Waals surface area (Å²) in [6.07, 6.45) is 2.72. The van der Waals surface area contributed by atoms with Gasteiger partial charge in [-0.2, -0.15) is 16.1 Å². The molecule has 1 atom stereocenters. The minimum absolute atomic E-state index is 0.0312. The molecule has 0 aromatic heterocycles. The average Bonchev–Trinajstić information content (AvgIpc) is 2.38. The second-order valence-electron chi connectivity index (χ2n) is 4.22. The van der Waals surface area contributed by atoms with Gasteiger partial charge in [0.25, 0.3) is 0 Å². The number of sulfonamides is 1. The average molecular weight is 323 g/mol. The van der Waals surface area contributed by atoms with E-state index < -0.39 is 10.0 Å². The van der Waals surface area contributed by atoms with Crippen molar-refractivity contribution in [2.45, 2.75) is 24.3 Å². The molecule has 1 aromatic carbocycles. The van der Waals surface area contributed by atoms with Crippen molar-refractivity contribution in [3.63, 3.8) is 0 Å². The van der Waals surface area contributed by atoms with Crippen LogP contribution in [-0.4, -0.2) is 37.8 Å². The van der Waals surface area contributed by atoms with Crippen LogP contribution >= 0.6 is 23.4 Å². The molecule has 1 unspecified atom stereocenters. The van der Waals surface area contributed by atoms with Gasteiger partial charge in [-0.3, -0.25) is 0 Å². The number of nitrogen functional groups attached to an aromatic ring is 1. The van der Waals surface area contributed by atoms with Gasteiger partial charge in [0.15, 0.2) is 0 Å². The summed E-state index contributed by atoms with van der Waals surface area (Å²) in [6.45, 7) is 1.98. The summed E-state index contributed by atoms with van der Waals surface area (Å²) in [7, 11) is -1.93. The molecule has 0 amide bonds. The molecule has 0 saturated heterocycles. The molecule has 0 aliphatic rings. The van der Waals surface area contributed by atoms with Gasteiger partial charge < -0.3 is 5.73 Å². The Bertz CT molecular complexity index is 535. The Labute approximate surface area is 124 Å². The van der Waals surface area contributed by atoms with Crippen LogP contribution < -0.4 is 5.73 Å². The lowest BCUT2D eigenvalue weighted by molar-refractivity contribution is 0.385. The van der Waals surface area contributed by atoms with Gasteiger partial charge in [0.2, 0.25) is 10.0 Å². The third-order valence-corrected chi connectivity index (χ3v) is 5.94. The number of hydrogen-bond donors (Lipinski definition) is 1. The molecule has 0 fully saturated rings. The molecule has 0 spiro atoms. The molecule has 4 nitrogen and oxygen atoms in total. The van der Waals surface area contributed by atoms with Crippen LogP contribution in [-0.2, 0) is 10.0 Å². The highest BCUT2D eigenvalue weighted by Crippen LogP contribution is 2.25. The Morgan fingerprint density at radius 3 is 2.58 bits per heavy atom. The van der Waals surface area contributed by atoms with Gasteiger partial charge in [0, 0.05) is 18.8 Å². The van der Waals surface area contributed by atoms with Crippen molar-refractivity contribution in [1.82, 2.24) is 4.31 Å². The van der Waals surface area contributed by atoms with Crippen molar-refractivity contribution in [2.75, 3.05) is 24.8 Å². The van der Waals surface area contributed by atoms with Crippen LogP contribution in [0.3, 0.4) is 0 Å². The number of anilines is 1. The molecular weight excluding hydrogens is 304 g/mol. The molecule has 0 aliphatic heterocycles. The van der Waals surface area contributed by atoms with E-state index in [-0.39, 0.29) is 16.0 Å². The number of benzene rings is 1. The molecule has 0 radical (unpaired) electrons. The zero-order chi connectivity index (χ0) is 14.6. The molecule has 1 aromatic rings. The summed E-state index contributed by atoms with van der Waals surface area (Å²) < 4.78 is 26.4. The number of rotatable bonds is 6. The topological polar surface area (TPSA) is 63.4 Å². The van der Waals surface area contributed by atoms with Gasteiger partial charge >= 0.3 is 0 Å². The van der Waals surface area contributed by atoms with E-state index in [1.54, 1.807) is 18.8 Å². The van der Waals surface area contributed by atoms with Gasteiger partial charge in [-0.25, -0.2) is 8.42 Å². The van der Waals surface area contributed by atoms with Gasteiger partial charge in [0.1, 0.15) is 0 Å². The quantitative estimate of drug-likeness (QED) is 0.818. The zero-order valence-corrected chi connectivity index (χ0v) is 13.6. The first-order valence-corrected chi connectivity index (χ1v) is 9.07. The minimum Gasteiger partial charge on any atom is -0.398 e. The summed E-state index contributed by atoms with van der Waals surface area (Å²) in [5, 5.41) is 0.257. The Morgan fingerprint density at radius 2 is 2.11 bits per heavy atom. The fourth-order valence-electron chi connectivity index (χ4n) is 1.70. The Kier molecular flexibility index (Phi) is 5.98. The number of halogens is 1. The van der Waals surface area contributed by atoms with E-state index in [0.29, 0.717) is 5.69 Å². The molecule has 0 aliphatic carbocycles. The maximum atomic E-state index is 12.5. The number of nitrogens with two attached hydrogens (primary N) is 1. The predicted molar refractivity (Wildman–Crippen MR) is 83.3 cm³/mol. The summed E-state index contributed by atoms with van der Waals surface area (Å²) in [5.74, 6) is 0.759. The lowest BCUT2D eigenvalue weighted by atomic mass is 10.3. The maximum Gasteiger partial charge on any atom is 0.243 e. The summed E-state index contributed by atoms with van der Waals surface area (Å²) in [5.41, 5.74) is 5.97.